The van der Waals surface area contributed by atoms with Crippen molar-refractivity contribution in [1.29, 1.82) is 0 Å². The molecule has 2 heterocycles. The average Bonchev–Trinajstić information content (AvgIpc) is 3.63. The fourth-order valence-corrected chi connectivity index (χ4v) is 2.05. The molecule has 2 rings (SSSR count). The van der Waals surface area contributed by atoms with Crippen molar-refractivity contribution in [3.63, 3.8) is 0 Å². The van der Waals surface area contributed by atoms with Crippen molar-refractivity contribution in [2.45, 2.75) is 54.1 Å². The first-order valence-corrected chi connectivity index (χ1v) is 9.74. The van der Waals surface area contributed by atoms with Crippen molar-refractivity contribution in [2.75, 3.05) is 0 Å². The second-order valence-electron chi connectivity index (χ2n) is 6.97. The van der Waals surface area contributed by atoms with E-state index >= 15 is 0 Å². The minimum atomic E-state index is -1.39. The lowest BCUT2D eigenvalue weighted by Gasteiger charge is -2.17. The first-order chi connectivity index (χ1) is 15.9. The predicted octanol–water partition coefficient (Wildman–Crippen LogP) is 2.34. The van der Waals surface area contributed by atoms with Gasteiger partial charge in [0, 0.05) is 25.0 Å². The van der Waals surface area contributed by atoms with Crippen LogP contribution in [0.5, 0.6) is 0 Å². The van der Waals surface area contributed by atoms with Crippen molar-refractivity contribution in [3.05, 3.63) is 46.3 Å². The molecular formula is C21H22O13. The molecule has 2 aliphatic rings. The summed E-state index contributed by atoms with van der Waals surface area (Å²) in [5.41, 5.74) is 0.186. The lowest BCUT2D eigenvalue weighted by Crippen LogP contribution is -2.27. The summed E-state index contributed by atoms with van der Waals surface area (Å²) in [6.07, 6.45) is -2.07. The van der Waals surface area contributed by atoms with Gasteiger partial charge in [0.2, 0.25) is 12.6 Å². The SMILES string of the molecule is CC(C(=O)/C=C(\C)C(=O)OC(C)OC(=O)OC(C)OC(=O)/C(C)=C/C(=O)C(C)=C1OO1)=C1OO1. The third-order valence-corrected chi connectivity index (χ3v) is 4.09. The highest BCUT2D eigenvalue weighted by molar-refractivity contribution is 6.08. The number of esters is 2. The van der Waals surface area contributed by atoms with Crippen LogP contribution in [0.2, 0.25) is 0 Å². The zero-order chi connectivity index (χ0) is 25.6. The van der Waals surface area contributed by atoms with E-state index < -0.39 is 42.2 Å². The standard InChI is InChI=1S/C21H22O13/c1-9(7-15(22)11(3)19-31-32-19)17(24)27-13(5)29-21(26)30-14(6)28-18(25)10(2)8-16(23)12(4)20-33-34-20/h7-8,13-14H,1-6H3/b9-7+,10-8+. The average molecular weight is 482 g/mol. The number of allylic oxidation sites excluding steroid dienone is 4. The Kier molecular flexibility index (Phi) is 8.42. The van der Waals surface area contributed by atoms with E-state index in [1.54, 1.807) is 0 Å². The molecule has 0 aromatic carbocycles. The highest BCUT2D eigenvalue weighted by Crippen LogP contribution is 2.24. The van der Waals surface area contributed by atoms with Gasteiger partial charge in [-0.15, -0.1) is 0 Å². The summed E-state index contributed by atoms with van der Waals surface area (Å²) < 4.78 is 19.3. The summed E-state index contributed by atoms with van der Waals surface area (Å²) in [6.45, 7) is 7.99. The van der Waals surface area contributed by atoms with Crippen molar-refractivity contribution >= 4 is 29.7 Å². The van der Waals surface area contributed by atoms with Gasteiger partial charge < -0.3 is 18.9 Å². The lowest BCUT2D eigenvalue weighted by molar-refractivity contribution is -0.176. The fourth-order valence-electron chi connectivity index (χ4n) is 2.05. The summed E-state index contributed by atoms with van der Waals surface area (Å²) in [6, 6.07) is 0. The zero-order valence-corrected chi connectivity index (χ0v) is 19.1. The molecule has 13 nitrogen and oxygen atoms in total. The second-order valence-corrected chi connectivity index (χ2v) is 6.97. The summed E-state index contributed by atoms with van der Waals surface area (Å²) in [4.78, 5) is 77.4. The monoisotopic (exact) mass is 482 g/mol. The number of hydrogen-bond acceptors (Lipinski definition) is 13. The lowest BCUT2D eigenvalue weighted by atomic mass is 10.1. The van der Waals surface area contributed by atoms with Gasteiger partial charge in [0.05, 0.1) is 11.1 Å². The smallest absolute Gasteiger partial charge is 0.422 e. The van der Waals surface area contributed by atoms with Gasteiger partial charge in [0.1, 0.15) is 0 Å². The second kappa shape index (κ2) is 11.0. The summed E-state index contributed by atoms with van der Waals surface area (Å²) in [7, 11) is 0. The number of ether oxygens (including phenoxy) is 4. The van der Waals surface area contributed by atoms with E-state index in [9.17, 15) is 24.0 Å². The molecular weight excluding hydrogens is 460 g/mol. The number of rotatable bonds is 10. The quantitative estimate of drug-likeness (QED) is 0.146. The van der Waals surface area contributed by atoms with E-state index in [4.69, 9.17) is 18.9 Å². The summed E-state index contributed by atoms with van der Waals surface area (Å²) >= 11 is 0. The molecule has 0 bridgehead atoms. The van der Waals surface area contributed by atoms with E-state index in [1.807, 2.05) is 0 Å². The molecule has 2 atom stereocenters. The predicted molar refractivity (Wildman–Crippen MR) is 106 cm³/mol. The third-order valence-electron chi connectivity index (χ3n) is 4.09. The Hall–Kier alpha value is -4.29. The maximum Gasteiger partial charge on any atom is 0.514 e. The minimum absolute atomic E-state index is 0.0591. The maximum absolute atomic E-state index is 12.0. The Labute approximate surface area is 193 Å². The molecule has 0 aromatic rings. The molecule has 0 amide bonds. The Morgan fingerprint density at radius 1 is 0.618 bits per heavy atom. The van der Waals surface area contributed by atoms with E-state index in [0.717, 1.165) is 12.2 Å². The van der Waals surface area contributed by atoms with Crippen LogP contribution in [0.25, 0.3) is 0 Å². The molecule has 184 valence electrons. The van der Waals surface area contributed by atoms with Crippen LogP contribution in [0.3, 0.4) is 0 Å². The summed E-state index contributed by atoms with van der Waals surface area (Å²) in [5.74, 6) is -2.80. The molecule has 0 N–H and O–H groups in total. The van der Waals surface area contributed by atoms with Crippen LogP contribution in [0.1, 0.15) is 41.5 Å². The molecule has 0 saturated carbocycles. The third kappa shape index (κ3) is 8.00. The van der Waals surface area contributed by atoms with Crippen molar-refractivity contribution in [1.82, 2.24) is 0 Å². The van der Waals surface area contributed by atoms with Gasteiger partial charge in [0.25, 0.3) is 0 Å². The van der Waals surface area contributed by atoms with Gasteiger partial charge in [-0.3, -0.25) is 9.59 Å². The number of carbonyl (C=O) groups is 5. The number of ketones is 2. The summed E-state index contributed by atoms with van der Waals surface area (Å²) in [5, 5.41) is 0. The van der Waals surface area contributed by atoms with E-state index in [1.165, 1.54) is 41.5 Å². The van der Waals surface area contributed by atoms with Gasteiger partial charge in [-0.25, -0.2) is 33.9 Å². The molecule has 2 fully saturated rings. The molecule has 2 saturated heterocycles. The van der Waals surface area contributed by atoms with Gasteiger partial charge in [-0.1, -0.05) is 0 Å². The number of carbonyl (C=O) groups excluding carboxylic acids is 5. The van der Waals surface area contributed by atoms with Crippen molar-refractivity contribution in [3.8, 4) is 0 Å². The van der Waals surface area contributed by atoms with Gasteiger partial charge >= 0.3 is 30.0 Å². The molecule has 2 unspecified atom stereocenters. The molecule has 2 aliphatic heterocycles. The molecule has 0 aliphatic carbocycles. The normalized spacial score (nSPS) is 15.7. The van der Waals surface area contributed by atoms with Gasteiger partial charge in [-0.2, -0.15) is 0 Å². The largest absolute Gasteiger partial charge is 0.514 e. The maximum atomic E-state index is 12.0. The Balaban J connectivity index is 1.78. The van der Waals surface area contributed by atoms with Gasteiger partial charge in [-0.05, 0) is 39.8 Å². The molecule has 0 spiro atoms. The van der Waals surface area contributed by atoms with Crippen LogP contribution in [0.15, 0.2) is 46.3 Å². The van der Waals surface area contributed by atoms with Crippen molar-refractivity contribution < 1.29 is 62.5 Å². The van der Waals surface area contributed by atoms with E-state index in [0.29, 0.717) is 0 Å². The minimum Gasteiger partial charge on any atom is -0.422 e. The van der Waals surface area contributed by atoms with Crippen LogP contribution in [0.4, 0.5) is 4.79 Å². The van der Waals surface area contributed by atoms with Crippen LogP contribution in [-0.4, -0.2) is 42.2 Å². The van der Waals surface area contributed by atoms with Crippen LogP contribution in [0, 0.1) is 0 Å². The molecule has 0 radical (unpaired) electrons. The van der Waals surface area contributed by atoms with E-state index in [-0.39, 0.29) is 34.2 Å². The first-order valence-electron chi connectivity index (χ1n) is 9.74. The fraction of sp³-hybridized carbons (Fsp3) is 0.381. The van der Waals surface area contributed by atoms with Crippen molar-refractivity contribution in [2.24, 2.45) is 0 Å². The molecule has 0 aromatic heterocycles. The van der Waals surface area contributed by atoms with Crippen LogP contribution in [-0.2, 0) is 57.7 Å². The van der Waals surface area contributed by atoms with Gasteiger partial charge in [0.15, 0.2) is 11.6 Å². The Morgan fingerprint density at radius 3 is 1.24 bits per heavy atom. The molecule has 13 heteroatoms. The Morgan fingerprint density at radius 2 is 0.941 bits per heavy atom. The molecule has 34 heavy (non-hydrogen) atoms. The highest BCUT2D eigenvalue weighted by Gasteiger charge is 2.28. The number of hydrogen-bond donors (Lipinski definition) is 0. The van der Waals surface area contributed by atoms with Crippen LogP contribution >= 0.6 is 0 Å². The van der Waals surface area contributed by atoms with Crippen LogP contribution < -0.4 is 0 Å². The Bertz CT molecular complexity index is 935. The van der Waals surface area contributed by atoms with E-state index in [2.05, 4.69) is 19.6 Å². The highest BCUT2D eigenvalue weighted by atomic mass is 17.4. The topological polar surface area (TPSA) is 172 Å². The zero-order valence-electron chi connectivity index (χ0n) is 19.1. The first kappa shape index (κ1) is 26.0.